The van der Waals surface area contributed by atoms with Crippen LogP contribution in [0.5, 0.6) is 0 Å². The van der Waals surface area contributed by atoms with Crippen LogP contribution >= 0.6 is 0 Å². The van der Waals surface area contributed by atoms with E-state index in [2.05, 4.69) is 15.6 Å². The number of hydrogen-bond donors (Lipinski definition) is 4. The Morgan fingerprint density at radius 2 is 2.42 bits per heavy atom. The molecule has 0 radical (unpaired) electrons. The molecule has 0 unspecified atom stereocenters. The molecule has 1 saturated heterocycles. The zero-order valence-corrected chi connectivity index (χ0v) is 6.49. The first-order chi connectivity index (χ1) is 5.70. The number of nitrogens with one attached hydrogen (secondary N) is 2. The van der Waals surface area contributed by atoms with Gasteiger partial charge in [-0.3, -0.25) is 0 Å². The van der Waals surface area contributed by atoms with Crippen molar-refractivity contribution in [2.45, 2.75) is 18.6 Å². The molecule has 6 nitrogen and oxygen atoms in total. The summed E-state index contributed by atoms with van der Waals surface area (Å²) in [6.07, 6.45) is -1.35. The monoisotopic (exact) mass is 176 g/mol. The van der Waals surface area contributed by atoms with E-state index in [1.807, 2.05) is 0 Å². The van der Waals surface area contributed by atoms with Crippen LogP contribution in [0.15, 0.2) is 0 Å². The molecule has 6 heteroatoms. The van der Waals surface area contributed by atoms with Crippen molar-refractivity contribution in [3.05, 3.63) is 0 Å². The van der Waals surface area contributed by atoms with Gasteiger partial charge in [0, 0.05) is 6.54 Å². The van der Waals surface area contributed by atoms with Crippen LogP contribution in [0.2, 0.25) is 0 Å². The number of carbonyl (C=O) groups is 1. The SMILES string of the molecule is O=C(O)ON[C@H]1CNCC[C@H]1O. The van der Waals surface area contributed by atoms with Gasteiger partial charge in [0.1, 0.15) is 0 Å². The van der Waals surface area contributed by atoms with Crippen molar-refractivity contribution in [3.8, 4) is 0 Å². The summed E-state index contributed by atoms with van der Waals surface area (Å²) in [5.74, 6) is 0. The molecule has 0 aliphatic carbocycles. The molecule has 1 aliphatic heterocycles. The largest absolute Gasteiger partial charge is 0.525 e. The Hall–Kier alpha value is -0.850. The van der Waals surface area contributed by atoms with E-state index < -0.39 is 12.3 Å². The summed E-state index contributed by atoms with van der Waals surface area (Å²) < 4.78 is 0. The number of hydroxylamine groups is 1. The Morgan fingerprint density at radius 1 is 1.67 bits per heavy atom. The van der Waals surface area contributed by atoms with Crippen molar-refractivity contribution in [2.24, 2.45) is 0 Å². The first kappa shape index (κ1) is 9.24. The third kappa shape index (κ3) is 2.65. The number of carboxylic acid groups (broad SMARTS) is 1. The van der Waals surface area contributed by atoms with E-state index in [0.717, 1.165) is 6.54 Å². The van der Waals surface area contributed by atoms with Crippen LogP contribution in [-0.4, -0.2) is 41.6 Å². The maximum absolute atomic E-state index is 9.96. The van der Waals surface area contributed by atoms with Crippen LogP contribution in [0.3, 0.4) is 0 Å². The zero-order chi connectivity index (χ0) is 8.97. The van der Waals surface area contributed by atoms with Crippen LogP contribution in [0.25, 0.3) is 0 Å². The fraction of sp³-hybridized carbons (Fsp3) is 0.833. The van der Waals surface area contributed by atoms with Crippen LogP contribution in [-0.2, 0) is 4.84 Å². The highest BCUT2D eigenvalue weighted by atomic mass is 16.8. The number of aliphatic hydroxyl groups is 1. The van der Waals surface area contributed by atoms with Gasteiger partial charge in [-0.1, -0.05) is 0 Å². The van der Waals surface area contributed by atoms with Gasteiger partial charge in [-0.05, 0) is 13.0 Å². The summed E-state index contributed by atoms with van der Waals surface area (Å²) in [6, 6.07) is -0.352. The van der Waals surface area contributed by atoms with Gasteiger partial charge in [0.2, 0.25) is 0 Å². The minimum absolute atomic E-state index is 0.352. The highest BCUT2D eigenvalue weighted by molar-refractivity contribution is 5.56. The van der Waals surface area contributed by atoms with Crippen molar-refractivity contribution in [1.82, 2.24) is 10.8 Å². The predicted molar refractivity (Wildman–Crippen MR) is 39.5 cm³/mol. The van der Waals surface area contributed by atoms with Crippen molar-refractivity contribution >= 4 is 6.16 Å². The number of aliphatic hydroxyl groups excluding tert-OH is 1. The predicted octanol–water partition coefficient (Wildman–Crippen LogP) is -1.09. The Bertz CT molecular complexity index is 164. The molecule has 1 rings (SSSR count). The summed E-state index contributed by atoms with van der Waals surface area (Å²) in [7, 11) is 0. The number of piperidine rings is 1. The maximum Gasteiger partial charge on any atom is 0.525 e. The molecule has 1 heterocycles. The third-order valence-electron chi connectivity index (χ3n) is 1.74. The summed E-state index contributed by atoms with van der Waals surface area (Å²) in [5.41, 5.74) is 2.26. The molecular formula is C6H12N2O4. The van der Waals surface area contributed by atoms with E-state index >= 15 is 0 Å². The van der Waals surface area contributed by atoms with E-state index in [9.17, 15) is 9.90 Å². The number of hydrogen-bond acceptors (Lipinski definition) is 5. The average Bonchev–Trinajstić information content (AvgIpc) is 2.03. The molecule has 1 fully saturated rings. The molecule has 0 bridgehead atoms. The fourth-order valence-corrected chi connectivity index (χ4v) is 1.09. The van der Waals surface area contributed by atoms with Crippen LogP contribution in [0.4, 0.5) is 4.79 Å². The molecule has 0 aromatic heterocycles. The van der Waals surface area contributed by atoms with Crippen molar-refractivity contribution in [1.29, 1.82) is 0 Å². The molecule has 4 N–H and O–H groups in total. The Labute approximate surface area is 69.5 Å². The Balaban J connectivity index is 2.24. The van der Waals surface area contributed by atoms with Gasteiger partial charge in [0.25, 0.3) is 0 Å². The quantitative estimate of drug-likeness (QED) is 0.400. The molecule has 0 spiro atoms. The molecule has 0 aromatic carbocycles. The first-order valence-corrected chi connectivity index (χ1v) is 3.74. The van der Waals surface area contributed by atoms with Crippen molar-refractivity contribution in [2.75, 3.05) is 13.1 Å². The molecule has 1 aliphatic rings. The van der Waals surface area contributed by atoms with E-state index in [0.29, 0.717) is 13.0 Å². The molecule has 2 atom stereocenters. The first-order valence-electron chi connectivity index (χ1n) is 3.74. The van der Waals surface area contributed by atoms with Crippen molar-refractivity contribution in [3.63, 3.8) is 0 Å². The standard InChI is InChI=1S/C6H12N2O4/c9-5-1-2-7-3-4(5)8-12-6(10)11/h4-5,7-9H,1-3H2,(H,10,11)/t4-,5+/m0/s1. The molecule has 0 amide bonds. The Morgan fingerprint density at radius 3 is 3.00 bits per heavy atom. The lowest BCUT2D eigenvalue weighted by Gasteiger charge is -2.27. The third-order valence-corrected chi connectivity index (χ3v) is 1.74. The minimum atomic E-state index is -1.40. The summed E-state index contributed by atoms with van der Waals surface area (Å²) in [4.78, 5) is 14.1. The van der Waals surface area contributed by atoms with Gasteiger partial charge < -0.3 is 20.4 Å². The normalized spacial score (nSPS) is 29.8. The summed E-state index contributed by atoms with van der Waals surface area (Å²) >= 11 is 0. The molecule has 0 saturated carbocycles. The summed E-state index contributed by atoms with van der Waals surface area (Å²) in [5, 5.41) is 20.4. The second kappa shape index (κ2) is 4.24. The summed E-state index contributed by atoms with van der Waals surface area (Å²) in [6.45, 7) is 1.25. The lowest BCUT2D eigenvalue weighted by atomic mass is 10.1. The van der Waals surface area contributed by atoms with Crippen LogP contribution in [0, 0.1) is 0 Å². The second-order valence-corrected chi connectivity index (χ2v) is 2.65. The Kier molecular flexibility index (Phi) is 3.27. The van der Waals surface area contributed by atoms with Gasteiger partial charge in [-0.15, -0.1) is 5.48 Å². The second-order valence-electron chi connectivity index (χ2n) is 2.65. The van der Waals surface area contributed by atoms with E-state index in [1.165, 1.54) is 0 Å². The average molecular weight is 176 g/mol. The highest BCUT2D eigenvalue weighted by Crippen LogP contribution is 2.02. The van der Waals surface area contributed by atoms with E-state index in [-0.39, 0.29) is 6.04 Å². The zero-order valence-electron chi connectivity index (χ0n) is 6.49. The minimum Gasteiger partial charge on any atom is -0.448 e. The van der Waals surface area contributed by atoms with Crippen LogP contribution in [0.1, 0.15) is 6.42 Å². The fourth-order valence-electron chi connectivity index (χ4n) is 1.09. The molecule has 70 valence electrons. The van der Waals surface area contributed by atoms with E-state index in [4.69, 9.17) is 5.11 Å². The van der Waals surface area contributed by atoms with Gasteiger partial charge in [0.05, 0.1) is 12.1 Å². The smallest absolute Gasteiger partial charge is 0.448 e. The van der Waals surface area contributed by atoms with Gasteiger partial charge >= 0.3 is 6.16 Å². The molecule has 12 heavy (non-hydrogen) atoms. The van der Waals surface area contributed by atoms with Crippen molar-refractivity contribution < 1.29 is 19.8 Å². The van der Waals surface area contributed by atoms with Gasteiger partial charge in [-0.25, -0.2) is 4.79 Å². The van der Waals surface area contributed by atoms with Crippen LogP contribution < -0.4 is 10.8 Å². The van der Waals surface area contributed by atoms with Gasteiger partial charge in [-0.2, -0.15) is 0 Å². The maximum atomic E-state index is 9.96. The topological polar surface area (TPSA) is 90.8 Å². The molecule has 0 aromatic rings. The lowest BCUT2D eigenvalue weighted by Crippen LogP contribution is -2.52. The molecular weight excluding hydrogens is 164 g/mol. The van der Waals surface area contributed by atoms with Gasteiger partial charge in [0.15, 0.2) is 0 Å². The lowest BCUT2D eigenvalue weighted by molar-refractivity contribution is -0.0129. The number of rotatable bonds is 2. The highest BCUT2D eigenvalue weighted by Gasteiger charge is 2.23. The van der Waals surface area contributed by atoms with E-state index in [1.54, 1.807) is 0 Å².